The number of aliphatic hydroxyl groups is 1. The van der Waals surface area contributed by atoms with Gasteiger partial charge in [0.15, 0.2) is 0 Å². The molecule has 0 amide bonds. The Morgan fingerprint density at radius 2 is 2.40 bits per heavy atom. The van der Waals surface area contributed by atoms with Crippen LogP contribution in [0.3, 0.4) is 0 Å². The van der Waals surface area contributed by atoms with E-state index in [1.165, 1.54) is 0 Å². The summed E-state index contributed by atoms with van der Waals surface area (Å²) in [5.74, 6) is -0.154. The third kappa shape index (κ3) is 1.47. The van der Waals surface area contributed by atoms with E-state index in [0.29, 0.717) is 13.0 Å². The van der Waals surface area contributed by atoms with Crippen LogP contribution in [0.2, 0.25) is 0 Å². The van der Waals surface area contributed by atoms with Gasteiger partial charge in [0.1, 0.15) is 6.17 Å². The van der Waals surface area contributed by atoms with E-state index >= 15 is 0 Å². The molecule has 0 unspecified atom stereocenters. The molecule has 0 radical (unpaired) electrons. The minimum absolute atomic E-state index is 0.0679. The molecule has 10 heavy (non-hydrogen) atoms. The van der Waals surface area contributed by atoms with Crippen LogP contribution < -0.4 is 0 Å². The Morgan fingerprint density at radius 1 is 1.70 bits per heavy atom. The zero-order valence-electron chi connectivity index (χ0n) is 6.09. The molecule has 1 heterocycles. The Bertz CT molecular complexity index is 108. The number of hydrogen-bond donors (Lipinski definition) is 1. The smallest absolute Gasteiger partial charge is 0.107 e. The second-order valence-electron chi connectivity index (χ2n) is 2.76. The summed E-state index contributed by atoms with van der Waals surface area (Å²) in [6.45, 7) is 2.14. The van der Waals surface area contributed by atoms with Crippen molar-refractivity contribution in [1.29, 1.82) is 0 Å². The van der Waals surface area contributed by atoms with Crippen LogP contribution in [0.15, 0.2) is 0 Å². The highest BCUT2D eigenvalue weighted by molar-refractivity contribution is 4.77. The Morgan fingerprint density at radius 3 is 2.90 bits per heavy atom. The third-order valence-electron chi connectivity index (χ3n) is 2.06. The summed E-state index contributed by atoms with van der Waals surface area (Å²) in [5, 5.41) is 8.69. The van der Waals surface area contributed by atoms with Crippen molar-refractivity contribution in [3.8, 4) is 0 Å². The number of aliphatic hydroxyl groups excluding tert-OH is 1. The molecule has 0 aromatic carbocycles. The van der Waals surface area contributed by atoms with E-state index in [1.807, 2.05) is 0 Å². The SMILES string of the molecule is C[C@@H]1[C@H](F)CCO[C@@H]1CO. The fraction of sp³-hybridized carbons (Fsp3) is 1.00. The predicted octanol–water partition coefficient (Wildman–Crippen LogP) is 0.742. The third-order valence-corrected chi connectivity index (χ3v) is 2.06. The molecule has 0 aromatic heterocycles. The van der Waals surface area contributed by atoms with Crippen LogP contribution in [0, 0.1) is 5.92 Å². The first-order chi connectivity index (χ1) is 4.75. The van der Waals surface area contributed by atoms with Crippen LogP contribution >= 0.6 is 0 Å². The highest BCUT2D eigenvalue weighted by atomic mass is 19.1. The van der Waals surface area contributed by atoms with Gasteiger partial charge in [-0.15, -0.1) is 0 Å². The monoisotopic (exact) mass is 148 g/mol. The molecule has 1 saturated heterocycles. The van der Waals surface area contributed by atoms with Crippen molar-refractivity contribution in [3.63, 3.8) is 0 Å². The van der Waals surface area contributed by atoms with Gasteiger partial charge in [-0.2, -0.15) is 0 Å². The lowest BCUT2D eigenvalue weighted by Gasteiger charge is -2.30. The van der Waals surface area contributed by atoms with E-state index in [0.717, 1.165) is 0 Å². The van der Waals surface area contributed by atoms with Gasteiger partial charge in [-0.3, -0.25) is 0 Å². The lowest BCUT2D eigenvalue weighted by atomic mass is 9.95. The van der Waals surface area contributed by atoms with Crippen LogP contribution in [-0.4, -0.2) is 30.6 Å². The summed E-state index contributed by atoms with van der Waals surface area (Å²) in [6, 6.07) is 0. The average molecular weight is 148 g/mol. The van der Waals surface area contributed by atoms with E-state index in [4.69, 9.17) is 9.84 Å². The van der Waals surface area contributed by atoms with Crippen molar-refractivity contribution in [2.24, 2.45) is 5.92 Å². The van der Waals surface area contributed by atoms with Gasteiger partial charge < -0.3 is 9.84 Å². The Balaban J connectivity index is 2.42. The molecule has 1 aliphatic heterocycles. The summed E-state index contributed by atoms with van der Waals surface area (Å²) >= 11 is 0. The molecule has 1 aliphatic rings. The van der Waals surface area contributed by atoms with Crippen LogP contribution in [-0.2, 0) is 4.74 Å². The summed E-state index contributed by atoms with van der Waals surface area (Å²) in [6.07, 6.45) is -0.618. The topological polar surface area (TPSA) is 29.5 Å². The second kappa shape index (κ2) is 3.30. The fourth-order valence-electron chi connectivity index (χ4n) is 1.20. The Hall–Kier alpha value is -0.150. The van der Waals surface area contributed by atoms with Gasteiger partial charge in [-0.05, 0) is 0 Å². The van der Waals surface area contributed by atoms with E-state index in [2.05, 4.69) is 0 Å². The molecule has 2 nitrogen and oxygen atoms in total. The maximum atomic E-state index is 12.8. The van der Waals surface area contributed by atoms with E-state index in [-0.39, 0.29) is 18.6 Å². The van der Waals surface area contributed by atoms with Gasteiger partial charge in [0, 0.05) is 18.9 Å². The minimum atomic E-state index is -0.800. The summed E-state index contributed by atoms with van der Waals surface area (Å²) in [4.78, 5) is 0. The first-order valence-corrected chi connectivity index (χ1v) is 3.62. The van der Waals surface area contributed by atoms with Crippen LogP contribution in [0.1, 0.15) is 13.3 Å². The standard InChI is InChI=1S/C7H13FO2/c1-5-6(8)2-3-10-7(5)4-9/h5-7,9H,2-4H2,1H3/t5-,6-,7-/m1/s1. The molecule has 0 bridgehead atoms. The number of rotatable bonds is 1. The van der Waals surface area contributed by atoms with Crippen molar-refractivity contribution in [2.75, 3.05) is 13.2 Å². The summed E-state index contributed by atoms with van der Waals surface area (Å²) < 4.78 is 17.9. The van der Waals surface area contributed by atoms with Crippen LogP contribution in [0.5, 0.6) is 0 Å². The largest absolute Gasteiger partial charge is 0.394 e. The molecule has 0 saturated carbocycles. The number of hydrogen-bond acceptors (Lipinski definition) is 2. The van der Waals surface area contributed by atoms with E-state index < -0.39 is 6.17 Å². The maximum absolute atomic E-state index is 12.8. The molecule has 60 valence electrons. The lowest BCUT2D eigenvalue weighted by Crippen LogP contribution is -2.38. The van der Waals surface area contributed by atoms with Crippen molar-refractivity contribution in [1.82, 2.24) is 0 Å². The zero-order chi connectivity index (χ0) is 7.56. The fourth-order valence-corrected chi connectivity index (χ4v) is 1.20. The summed E-state index contributed by atoms with van der Waals surface area (Å²) in [7, 11) is 0. The number of ether oxygens (including phenoxy) is 1. The molecule has 3 heteroatoms. The molecule has 0 spiro atoms. The maximum Gasteiger partial charge on any atom is 0.107 e. The van der Waals surface area contributed by atoms with Crippen LogP contribution in [0.4, 0.5) is 4.39 Å². The van der Waals surface area contributed by atoms with E-state index in [1.54, 1.807) is 6.92 Å². The normalized spacial score (nSPS) is 41.7. The lowest BCUT2D eigenvalue weighted by molar-refractivity contribution is -0.0815. The molecular formula is C7H13FO2. The van der Waals surface area contributed by atoms with Gasteiger partial charge in [0.2, 0.25) is 0 Å². The number of halogens is 1. The van der Waals surface area contributed by atoms with Crippen molar-refractivity contribution in [3.05, 3.63) is 0 Å². The van der Waals surface area contributed by atoms with Gasteiger partial charge in [0.25, 0.3) is 0 Å². The number of alkyl halides is 1. The molecule has 1 N–H and O–H groups in total. The minimum Gasteiger partial charge on any atom is -0.394 e. The molecule has 1 fully saturated rings. The van der Waals surface area contributed by atoms with Crippen molar-refractivity contribution >= 4 is 0 Å². The molecule has 3 atom stereocenters. The van der Waals surface area contributed by atoms with Crippen molar-refractivity contribution in [2.45, 2.75) is 25.6 Å². The quantitative estimate of drug-likeness (QED) is 0.594. The van der Waals surface area contributed by atoms with Gasteiger partial charge in [-0.25, -0.2) is 4.39 Å². The highest BCUT2D eigenvalue weighted by Crippen LogP contribution is 2.22. The second-order valence-corrected chi connectivity index (χ2v) is 2.76. The first-order valence-electron chi connectivity index (χ1n) is 3.62. The molecule has 0 aliphatic carbocycles. The Labute approximate surface area is 60.0 Å². The summed E-state index contributed by atoms with van der Waals surface area (Å²) in [5.41, 5.74) is 0. The average Bonchev–Trinajstić information content (AvgIpc) is 1.95. The predicted molar refractivity (Wildman–Crippen MR) is 35.5 cm³/mol. The zero-order valence-corrected chi connectivity index (χ0v) is 6.09. The van der Waals surface area contributed by atoms with Crippen molar-refractivity contribution < 1.29 is 14.2 Å². The first kappa shape index (κ1) is 7.95. The molecule has 1 rings (SSSR count). The highest BCUT2D eigenvalue weighted by Gasteiger charge is 2.29. The van der Waals surface area contributed by atoms with Gasteiger partial charge >= 0.3 is 0 Å². The Kier molecular flexibility index (Phi) is 2.63. The van der Waals surface area contributed by atoms with Gasteiger partial charge in [-0.1, -0.05) is 6.92 Å². The molecule has 0 aromatic rings. The van der Waals surface area contributed by atoms with Crippen LogP contribution in [0.25, 0.3) is 0 Å². The van der Waals surface area contributed by atoms with E-state index in [9.17, 15) is 4.39 Å². The van der Waals surface area contributed by atoms with Gasteiger partial charge in [0.05, 0.1) is 12.7 Å². The molecular weight excluding hydrogens is 135 g/mol.